The van der Waals surface area contributed by atoms with E-state index < -0.39 is 6.10 Å². The summed E-state index contributed by atoms with van der Waals surface area (Å²) in [5.41, 5.74) is 1.66. The van der Waals surface area contributed by atoms with Gasteiger partial charge in [0.2, 0.25) is 0 Å². The van der Waals surface area contributed by atoms with E-state index in [2.05, 4.69) is 9.97 Å². The van der Waals surface area contributed by atoms with Gasteiger partial charge in [0.1, 0.15) is 4.83 Å². The van der Waals surface area contributed by atoms with Gasteiger partial charge in [-0.15, -0.1) is 11.3 Å². The van der Waals surface area contributed by atoms with Gasteiger partial charge in [0, 0.05) is 4.88 Å². The van der Waals surface area contributed by atoms with Gasteiger partial charge in [0.25, 0.3) is 5.56 Å². The number of aryl methyl sites for hydroxylation is 2. The van der Waals surface area contributed by atoms with Crippen molar-refractivity contribution in [3.8, 4) is 0 Å². The molecular weight excluding hydrogens is 372 g/mol. The Bertz CT molecular complexity index is 1250. The maximum atomic E-state index is 12.5. The van der Waals surface area contributed by atoms with Crippen LogP contribution in [0.4, 0.5) is 0 Å². The lowest BCUT2D eigenvalue weighted by Crippen LogP contribution is -2.18. The lowest BCUT2D eigenvalue weighted by atomic mass is 10.0. The van der Waals surface area contributed by atoms with Crippen molar-refractivity contribution in [1.29, 1.82) is 0 Å². The van der Waals surface area contributed by atoms with E-state index in [1.165, 1.54) is 11.3 Å². The topological polar surface area (TPSA) is 72.0 Å². The maximum Gasteiger partial charge on any atom is 0.310 e. The Hall–Kier alpha value is -2.99. The fraction of sp³-hybridized carbons (Fsp3) is 0.227. The van der Waals surface area contributed by atoms with Crippen LogP contribution >= 0.6 is 11.3 Å². The van der Waals surface area contributed by atoms with Gasteiger partial charge >= 0.3 is 5.97 Å². The number of aromatic nitrogens is 2. The van der Waals surface area contributed by atoms with Crippen LogP contribution in [0.15, 0.2) is 47.3 Å². The number of fused-ring (bicyclic) bond motifs is 2. The van der Waals surface area contributed by atoms with Gasteiger partial charge in [0.05, 0.1) is 11.8 Å². The van der Waals surface area contributed by atoms with Crippen LogP contribution < -0.4 is 5.56 Å². The molecule has 2 aromatic carbocycles. The molecule has 0 amide bonds. The van der Waals surface area contributed by atoms with Crippen molar-refractivity contribution < 1.29 is 9.53 Å². The van der Waals surface area contributed by atoms with Crippen molar-refractivity contribution >= 4 is 38.3 Å². The zero-order chi connectivity index (χ0) is 19.8. The molecule has 2 heterocycles. The van der Waals surface area contributed by atoms with Gasteiger partial charge in [-0.3, -0.25) is 9.59 Å². The predicted octanol–water partition coefficient (Wildman–Crippen LogP) is 4.60. The standard InChI is InChI=1S/C22H20N2O3S/c1-12-14(3)28-22-19(12)21(26)23-20(24-22)13(2)27-18(25)11-16-9-6-8-15-7-4-5-10-17(15)16/h4-10,13H,11H2,1-3H3,(H,23,24,26)/t13-/m1/s1. The number of aromatic amines is 1. The number of carbonyl (C=O) groups excluding carboxylic acids is 1. The average molecular weight is 392 g/mol. The summed E-state index contributed by atoms with van der Waals surface area (Å²) in [6.45, 7) is 5.60. The Morgan fingerprint density at radius 3 is 2.75 bits per heavy atom. The molecule has 1 N–H and O–H groups in total. The first kappa shape index (κ1) is 18.4. The Morgan fingerprint density at radius 2 is 1.93 bits per heavy atom. The molecule has 0 aliphatic heterocycles. The average Bonchev–Trinajstić information content (AvgIpc) is 2.96. The van der Waals surface area contributed by atoms with E-state index in [-0.39, 0.29) is 17.9 Å². The van der Waals surface area contributed by atoms with Crippen LogP contribution in [0.3, 0.4) is 0 Å². The second kappa shape index (κ2) is 7.20. The number of ether oxygens (including phenoxy) is 1. The Kier molecular flexibility index (Phi) is 4.73. The third-order valence-electron chi connectivity index (χ3n) is 4.97. The van der Waals surface area contributed by atoms with E-state index in [0.717, 1.165) is 26.8 Å². The van der Waals surface area contributed by atoms with Crippen LogP contribution in [0.1, 0.15) is 34.9 Å². The lowest BCUT2D eigenvalue weighted by molar-refractivity contribution is -0.148. The minimum Gasteiger partial charge on any atom is -0.454 e. The Labute approximate surface area is 166 Å². The first-order valence-corrected chi connectivity index (χ1v) is 9.91. The van der Waals surface area contributed by atoms with Gasteiger partial charge in [-0.25, -0.2) is 4.98 Å². The highest BCUT2D eigenvalue weighted by atomic mass is 32.1. The molecule has 5 nitrogen and oxygen atoms in total. The largest absolute Gasteiger partial charge is 0.454 e. The highest BCUT2D eigenvalue weighted by molar-refractivity contribution is 7.18. The molecule has 0 spiro atoms. The van der Waals surface area contributed by atoms with Crippen molar-refractivity contribution in [3.63, 3.8) is 0 Å². The van der Waals surface area contributed by atoms with Gasteiger partial charge in [-0.05, 0) is 42.7 Å². The molecule has 142 valence electrons. The van der Waals surface area contributed by atoms with Crippen LogP contribution in [-0.4, -0.2) is 15.9 Å². The van der Waals surface area contributed by atoms with Crippen molar-refractivity contribution in [1.82, 2.24) is 9.97 Å². The molecule has 4 aromatic rings. The summed E-state index contributed by atoms with van der Waals surface area (Å²) in [6.07, 6.45) is -0.475. The Balaban J connectivity index is 1.56. The van der Waals surface area contributed by atoms with Crippen LogP contribution in [-0.2, 0) is 16.0 Å². The van der Waals surface area contributed by atoms with Gasteiger partial charge < -0.3 is 9.72 Å². The van der Waals surface area contributed by atoms with E-state index in [0.29, 0.717) is 16.0 Å². The minimum absolute atomic E-state index is 0.162. The van der Waals surface area contributed by atoms with Crippen LogP contribution in [0.25, 0.3) is 21.0 Å². The number of nitrogens with zero attached hydrogens (tertiary/aromatic N) is 1. The number of H-pyrrole nitrogens is 1. The monoisotopic (exact) mass is 392 g/mol. The molecule has 0 saturated carbocycles. The second-order valence-corrected chi connectivity index (χ2v) is 8.06. The van der Waals surface area contributed by atoms with E-state index in [9.17, 15) is 9.59 Å². The molecule has 1 atom stereocenters. The third kappa shape index (κ3) is 3.31. The van der Waals surface area contributed by atoms with Crippen LogP contribution in [0, 0.1) is 13.8 Å². The number of hydrogen-bond acceptors (Lipinski definition) is 5. The van der Waals surface area contributed by atoms with Crippen molar-refractivity contribution in [2.45, 2.75) is 33.3 Å². The van der Waals surface area contributed by atoms with Crippen molar-refractivity contribution in [2.75, 3.05) is 0 Å². The van der Waals surface area contributed by atoms with E-state index >= 15 is 0 Å². The molecule has 6 heteroatoms. The summed E-state index contributed by atoms with van der Waals surface area (Å²) in [5.74, 6) is 0.00941. The zero-order valence-electron chi connectivity index (χ0n) is 15.9. The highest BCUT2D eigenvalue weighted by Crippen LogP contribution is 2.27. The molecular formula is C22H20N2O3S. The molecule has 0 fully saturated rings. The third-order valence-corrected chi connectivity index (χ3v) is 6.07. The minimum atomic E-state index is -0.637. The van der Waals surface area contributed by atoms with E-state index in [1.807, 2.05) is 56.3 Å². The lowest BCUT2D eigenvalue weighted by Gasteiger charge is -2.13. The molecule has 4 rings (SSSR count). The van der Waals surface area contributed by atoms with Gasteiger partial charge in [-0.1, -0.05) is 42.5 Å². The number of benzene rings is 2. The highest BCUT2D eigenvalue weighted by Gasteiger charge is 2.18. The fourth-order valence-electron chi connectivity index (χ4n) is 3.36. The summed E-state index contributed by atoms with van der Waals surface area (Å²) in [6, 6.07) is 13.8. The van der Waals surface area contributed by atoms with E-state index in [4.69, 9.17) is 4.74 Å². The SMILES string of the molecule is Cc1sc2nc([C@@H](C)OC(=O)Cc3cccc4ccccc34)[nH]c(=O)c2c1C. The molecule has 0 saturated heterocycles. The molecule has 0 aliphatic carbocycles. The summed E-state index contributed by atoms with van der Waals surface area (Å²) in [4.78, 5) is 34.0. The molecule has 0 unspecified atom stereocenters. The summed E-state index contributed by atoms with van der Waals surface area (Å²) >= 11 is 1.48. The molecule has 28 heavy (non-hydrogen) atoms. The van der Waals surface area contributed by atoms with Gasteiger partial charge in [0.15, 0.2) is 11.9 Å². The molecule has 0 bridgehead atoms. The van der Waals surface area contributed by atoms with Crippen LogP contribution in [0.2, 0.25) is 0 Å². The summed E-state index contributed by atoms with van der Waals surface area (Å²) in [7, 11) is 0. The molecule has 0 aliphatic rings. The smallest absolute Gasteiger partial charge is 0.310 e. The quantitative estimate of drug-likeness (QED) is 0.515. The van der Waals surface area contributed by atoms with Crippen molar-refractivity contribution in [3.05, 3.63) is 74.6 Å². The zero-order valence-corrected chi connectivity index (χ0v) is 16.7. The number of hydrogen-bond donors (Lipinski definition) is 1. The number of esters is 1. The fourth-order valence-corrected chi connectivity index (χ4v) is 4.40. The number of thiophene rings is 1. The van der Waals surface area contributed by atoms with Gasteiger partial charge in [-0.2, -0.15) is 0 Å². The Morgan fingerprint density at radius 1 is 1.18 bits per heavy atom. The van der Waals surface area contributed by atoms with E-state index in [1.54, 1.807) is 6.92 Å². The second-order valence-electron chi connectivity index (χ2n) is 6.86. The normalized spacial score (nSPS) is 12.4. The number of carbonyl (C=O) groups is 1. The molecule has 2 aromatic heterocycles. The predicted molar refractivity (Wildman–Crippen MR) is 112 cm³/mol. The van der Waals surface area contributed by atoms with Crippen LogP contribution in [0.5, 0.6) is 0 Å². The summed E-state index contributed by atoms with van der Waals surface area (Å²) in [5, 5.41) is 2.73. The maximum absolute atomic E-state index is 12.5. The molecule has 0 radical (unpaired) electrons. The first-order valence-electron chi connectivity index (χ1n) is 9.10. The summed E-state index contributed by atoms with van der Waals surface area (Å²) < 4.78 is 5.56. The van der Waals surface area contributed by atoms with Crippen molar-refractivity contribution in [2.24, 2.45) is 0 Å². The number of rotatable bonds is 4. The number of nitrogens with one attached hydrogen (secondary N) is 1. The first-order chi connectivity index (χ1) is 13.4.